The van der Waals surface area contributed by atoms with Crippen LogP contribution in [0.1, 0.15) is 151 Å². The summed E-state index contributed by atoms with van der Waals surface area (Å²) in [5.74, 6) is -2.88. The Labute approximate surface area is 734 Å². The second kappa shape index (κ2) is 39.2. The van der Waals surface area contributed by atoms with Gasteiger partial charge in [-0.25, -0.2) is 15.0 Å². The molecule has 6 aromatic carbocycles. The van der Waals surface area contributed by atoms with E-state index in [1.54, 1.807) is 97.5 Å². The minimum absolute atomic E-state index is 0. The van der Waals surface area contributed by atoms with Crippen LogP contribution >= 0.6 is 0 Å². The molecule has 0 aliphatic carbocycles. The molecule has 579 valence electrons. The first-order valence-corrected chi connectivity index (χ1v) is 35.6. The molecule has 0 amide bonds. The maximum Gasteiger partial charge on any atom is 0.216 e. The van der Waals surface area contributed by atoms with Gasteiger partial charge in [0.1, 0.15) is 0 Å². The van der Waals surface area contributed by atoms with Crippen LogP contribution in [0.25, 0.3) is 134 Å². The van der Waals surface area contributed by atoms with Gasteiger partial charge in [0.05, 0.1) is 16.7 Å². The number of nitrogens with zero attached hydrogens (tertiary/aromatic N) is 9. The molecular weight excluding hydrogens is 1940 g/mol. The van der Waals surface area contributed by atoms with Gasteiger partial charge in [0.2, 0.25) is 17.1 Å². The third-order valence-corrected chi connectivity index (χ3v) is 17.8. The van der Waals surface area contributed by atoms with Crippen LogP contribution in [0.5, 0.6) is 0 Å². The van der Waals surface area contributed by atoms with E-state index in [0.717, 1.165) is 39.3 Å². The Kier molecular flexibility index (Phi) is 21.8. The van der Waals surface area contributed by atoms with Crippen molar-refractivity contribution in [3.8, 4) is 67.5 Å². The summed E-state index contributed by atoms with van der Waals surface area (Å²) in [6.45, 7) is 6.62. The van der Waals surface area contributed by atoms with Crippen LogP contribution in [0.15, 0.2) is 251 Å². The number of furan rings is 3. The summed E-state index contributed by atoms with van der Waals surface area (Å²) in [6.07, 6.45) is 9.60. The molecule has 18 rings (SSSR count). The number of pyridine rings is 9. The molecule has 18 aromatic rings. The molecule has 114 heavy (non-hydrogen) atoms. The van der Waals surface area contributed by atoms with Gasteiger partial charge in [0.15, 0.2) is 0 Å². The van der Waals surface area contributed by atoms with Crippen LogP contribution in [0.3, 0.4) is 0 Å². The Balaban J connectivity index is 0.000000167. The Morgan fingerprint density at radius 1 is 0.316 bits per heavy atom. The van der Waals surface area contributed by atoms with Crippen LogP contribution in [0, 0.1) is 98.4 Å². The summed E-state index contributed by atoms with van der Waals surface area (Å²) < 4.78 is 160. The van der Waals surface area contributed by atoms with E-state index < -0.39 is 51.9 Å². The molecule has 0 spiro atoms. The average Bonchev–Trinajstić information content (AvgIpc) is 1.57. The molecule has 0 bridgehead atoms. The molecule has 3 radical (unpaired) electrons. The fourth-order valence-electron chi connectivity index (χ4n) is 12.5. The van der Waals surface area contributed by atoms with Crippen molar-refractivity contribution in [1.82, 2.24) is 44.9 Å². The number of aryl methyl sites for hydroxylation is 9. The number of hydrogen-bond acceptors (Lipinski definition) is 12. The molecule has 0 aliphatic heterocycles. The zero-order valence-electron chi connectivity index (χ0n) is 81.8. The van der Waals surface area contributed by atoms with Gasteiger partial charge in [-0.1, -0.05) is 167 Å². The van der Waals surface area contributed by atoms with Crippen molar-refractivity contribution in [2.24, 2.45) is 0 Å². The Morgan fingerprint density at radius 3 is 0.939 bits per heavy atom. The van der Waals surface area contributed by atoms with Gasteiger partial charge in [-0.15, -0.1) is 161 Å². The quantitative estimate of drug-likeness (QED) is 0.126. The standard InChI is InChI=1S/3C21H19N2O.C13H12N.C12H10N.C11H8N.3Ir/c3*1-12(2)16-11-14(4)23-21-19(16)18-13(3)8-9-15(20(18)24-21)17-7-5-6-10-22-17;1-10-8-13(14-9-11(10)2)12-6-4-3-5-7-12;1-10-7-8-12(13-9-10)11-5-3-2-4-6-11;1-2-6-10(7-3-1)11-8-4-5-9-12-11;;;/h3*5-8,10-12H,1-4H3;3-6,8-9H,1-2H3;2-5,7-9H,1H3;1-6,8-9H;;;/q6*-1;;;/i3*3D3,12D;2D3;1D3;;;;. The van der Waals surface area contributed by atoms with E-state index in [0.29, 0.717) is 139 Å². The largest absolute Gasteiger partial charge is 0.486 e. The van der Waals surface area contributed by atoms with Gasteiger partial charge in [-0.05, 0) is 164 Å². The molecular formula is C99H87Ir3N9O3-6. The zero-order valence-corrected chi connectivity index (χ0v) is 71.0. The van der Waals surface area contributed by atoms with Gasteiger partial charge in [0, 0.05) is 155 Å². The van der Waals surface area contributed by atoms with E-state index in [4.69, 9.17) is 37.9 Å². The third-order valence-electron chi connectivity index (χ3n) is 17.8. The molecule has 0 N–H and O–H groups in total. The topological polar surface area (TPSA) is 155 Å². The van der Waals surface area contributed by atoms with E-state index in [-0.39, 0.29) is 82.6 Å². The summed E-state index contributed by atoms with van der Waals surface area (Å²) in [5, 5.41) is 3.07. The fourth-order valence-corrected chi connectivity index (χ4v) is 12.5. The number of fused-ring (bicyclic) bond motifs is 9. The van der Waals surface area contributed by atoms with Crippen LogP contribution in [0.4, 0.5) is 0 Å². The van der Waals surface area contributed by atoms with Gasteiger partial charge >= 0.3 is 0 Å². The van der Waals surface area contributed by atoms with E-state index >= 15 is 0 Å². The normalized spacial score (nSPS) is 13.9. The second-order valence-corrected chi connectivity index (χ2v) is 26.6. The molecule has 12 nitrogen and oxygen atoms in total. The van der Waals surface area contributed by atoms with Crippen LogP contribution < -0.4 is 0 Å². The zero-order chi connectivity index (χ0) is 93.1. The predicted octanol–water partition coefficient (Wildman–Crippen LogP) is 25.3. The van der Waals surface area contributed by atoms with Gasteiger partial charge < -0.3 is 43.2 Å². The van der Waals surface area contributed by atoms with Crippen molar-refractivity contribution < 1.29 is 98.2 Å². The maximum atomic E-state index is 8.58. The molecule has 15 heteroatoms. The van der Waals surface area contributed by atoms with Crippen molar-refractivity contribution >= 4 is 66.2 Å². The molecule has 0 aliphatic rings. The first kappa shape index (κ1) is 63.4. The van der Waals surface area contributed by atoms with E-state index in [1.807, 2.05) is 178 Å². The van der Waals surface area contributed by atoms with Gasteiger partial charge in [-0.3, -0.25) is 0 Å². The van der Waals surface area contributed by atoms with Gasteiger partial charge in [0.25, 0.3) is 0 Å². The minimum Gasteiger partial charge on any atom is -0.486 e. The van der Waals surface area contributed by atoms with Crippen LogP contribution in [-0.4, -0.2) is 44.9 Å². The summed E-state index contributed by atoms with van der Waals surface area (Å²) in [6, 6.07) is 78.4. The molecule has 0 saturated heterocycles. The fraction of sp³-hybridized carbons (Fsp3) is 0.182. The Hall–Kier alpha value is -11.0. The van der Waals surface area contributed by atoms with E-state index in [1.165, 1.54) is 30.6 Å². The average molecular weight is 2050 g/mol. The van der Waals surface area contributed by atoms with E-state index in [9.17, 15) is 0 Å². The number of hydrogen-bond donors (Lipinski definition) is 0. The molecule has 12 aromatic heterocycles. The first-order chi connectivity index (χ1) is 60.7. The molecule has 0 fully saturated rings. The van der Waals surface area contributed by atoms with Crippen molar-refractivity contribution in [1.29, 1.82) is 0 Å². The van der Waals surface area contributed by atoms with Crippen molar-refractivity contribution in [3.05, 3.63) is 341 Å². The summed E-state index contributed by atoms with van der Waals surface area (Å²) in [7, 11) is 0. The van der Waals surface area contributed by atoms with E-state index in [2.05, 4.69) is 81.3 Å². The number of aromatic nitrogens is 9. The molecule has 0 unspecified atom stereocenters. The summed E-state index contributed by atoms with van der Waals surface area (Å²) in [4.78, 5) is 39.0. The smallest absolute Gasteiger partial charge is 0.216 e. The summed E-state index contributed by atoms with van der Waals surface area (Å²) in [5.41, 5.74) is 16.8. The van der Waals surface area contributed by atoms with Crippen molar-refractivity contribution in [2.75, 3.05) is 0 Å². The Morgan fingerprint density at radius 2 is 0.649 bits per heavy atom. The molecule has 0 saturated carbocycles. The second-order valence-electron chi connectivity index (χ2n) is 26.6. The van der Waals surface area contributed by atoms with Crippen LogP contribution in [-0.2, 0) is 60.3 Å². The molecule has 12 heterocycles. The summed E-state index contributed by atoms with van der Waals surface area (Å²) >= 11 is 0. The monoisotopic (exact) mass is 2050 g/mol. The van der Waals surface area contributed by atoms with Gasteiger partial charge in [-0.2, -0.15) is 0 Å². The predicted molar refractivity (Wildman–Crippen MR) is 451 cm³/mol. The van der Waals surface area contributed by atoms with Crippen molar-refractivity contribution in [3.63, 3.8) is 0 Å². The van der Waals surface area contributed by atoms with Crippen molar-refractivity contribution in [2.45, 2.75) is 121 Å². The van der Waals surface area contributed by atoms with Crippen LogP contribution in [0.2, 0.25) is 0 Å². The SMILES string of the molecule is [2H]C([2H])([2H])c1c[c-]c(-c2ccccn2)c2oc3nc(C)cc(C([2H])(C)C)c3c12.[2H]C([2H])([2H])c1c[c-]c(-c2ccccn2)c2oc3nc(C)cc(C([2H])(C)C)c3c12.[2H]C([2H])([2H])c1c[c-]c(-c2ccccn2)c2oc3nc(C)cc(C([2H])(C)C)c3c12.[2H]C([2H])([2H])c1ccc(-c2[c-]cccc2)nc1.[2H]C([2H])([2H])c1cnc(-c2[c-]cccc2)cc1C.[Ir].[Ir].[Ir].[c-]1ccccc1-c1ccccn1. The maximum absolute atomic E-state index is 8.58. The number of rotatable bonds is 9. The molecule has 0 atom stereocenters. The third kappa shape index (κ3) is 19.6. The first-order valence-electron chi connectivity index (χ1n) is 44.6. The number of benzene rings is 6. The Bertz CT molecular complexity index is 6510. The minimum atomic E-state index is -2.36.